The van der Waals surface area contributed by atoms with Crippen molar-refractivity contribution < 1.29 is 14.3 Å². The number of nitrogens with zero attached hydrogens (tertiary/aromatic N) is 3. The molecule has 6 nitrogen and oxygen atoms in total. The number of hydrogen-bond acceptors (Lipinski definition) is 5. The van der Waals surface area contributed by atoms with Gasteiger partial charge in [0.15, 0.2) is 0 Å². The Labute approximate surface area is 149 Å². The third-order valence-electron chi connectivity index (χ3n) is 6.30. The van der Waals surface area contributed by atoms with Crippen molar-refractivity contribution >= 4 is 5.91 Å². The summed E-state index contributed by atoms with van der Waals surface area (Å²) in [6, 6.07) is 4.14. The highest BCUT2D eigenvalue weighted by atomic mass is 16.5. The van der Waals surface area contributed by atoms with E-state index in [0.717, 1.165) is 64.1 Å². The molecule has 3 aliphatic heterocycles. The summed E-state index contributed by atoms with van der Waals surface area (Å²) < 4.78 is 11.3. The van der Waals surface area contributed by atoms with E-state index in [0.29, 0.717) is 12.1 Å². The molecular formula is C19H27N3O3. The van der Waals surface area contributed by atoms with E-state index in [9.17, 15) is 4.79 Å². The zero-order chi connectivity index (χ0) is 17.3. The van der Waals surface area contributed by atoms with E-state index in [1.165, 1.54) is 0 Å². The van der Waals surface area contributed by atoms with Gasteiger partial charge >= 0.3 is 0 Å². The van der Waals surface area contributed by atoms with Crippen molar-refractivity contribution in [2.24, 2.45) is 0 Å². The van der Waals surface area contributed by atoms with Gasteiger partial charge in [-0.3, -0.25) is 14.7 Å². The van der Waals surface area contributed by atoms with Gasteiger partial charge in [-0.2, -0.15) is 0 Å². The van der Waals surface area contributed by atoms with Crippen LogP contribution in [0.2, 0.25) is 0 Å². The Morgan fingerprint density at radius 2 is 1.92 bits per heavy atom. The SMILES string of the molecule is COC1CN(C2CCN(C(=O)c3ccncc3)CC2)C12CCOCC2. The second kappa shape index (κ2) is 7.02. The molecule has 0 N–H and O–H groups in total. The summed E-state index contributed by atoms with van der Waals surface area (Å²) in [5.74, 6) is 0.125. The summed E-state index contributed by atoms with van der Waals surface area (Å²) in [6.07, 6.45) is 7.88. The fraction of sp³-hybridized carbons (Fsp3) is 0.684. The standard InChI is InChI=1S/C19H27N3O3/c1-24-17-14-22(19(17)6-12-25-13-7-19)16-4-10-21(11-5-16)18(23)15-2-8-20-9-3-15/h2-3,8-9,16-17H,4-7,10-14H2,1H3. The number of rotatable bonds is 3. The number of carbonyl (C=O) groups excluding carboxylic acids is 1. The monoisotopic (exact) mass is 345 g/mol. The Morgan fingerprint density at radius 3 is 2.56 bits per heavy atom. The number of aromatic nitrogens is 1. The normalized spacial score (nSPS) is 27.2. The smallest absolute Gasteiger partial charge is 0.253 e. The topological polar surface area (TPSA) is 54.9 Å². The second-order valence-corrected chi connectivity index (χ2v) is 7.35. The quantitative estimate of drug-likeness (QED) is 0.832. The van der Waals surface area contributed by atoms with Gasteiger partial charge in [-0.15, -0.1) is 0 Å². The van der Waals surface area contributed by atoms with Crippen LogP contribution in [0.3, 0.4) is 0 Å². The van der Waals surface area contributed by atoms with Gasteiger partial charge in [0.05, 0.1) is 11.6 Å². The van der Waals surface area contributed by atoms with Crippen molar-refractivity contribution in [3.63, 3.8) is 0 Å². The maximum atomic E-state index is 12.6. The molecule has 4 rings (SSSR count). The molecule has 1 unspecified atom stereocenters. The van der Waals surface area contributed by atoms with Gasteiger partial charge in [0.25, 0.3) is 5.91 Å². The summed E-state index contributed by atoms with van der Waals surface area (Å²) in [7, 11) is 1.83. The molecule has 136 valence electrons. The summed E-state index contributed by atoms with van der Waals surface area (Å²) in [5.41, 5.74) is 0.896. The van der Waals surface area contributed by atoms with E-state index in [4.69, 9.17) is 9.47 Å². The van der Waals surface area contributed by atoms with Crippen LogP contribution >= 0.6 is 0 Å². The molecule has 1 amide bonds. The van der Waals surface area contributed by atoms with E-state index in [-0.39, 0.29) is 11.4 Å². The number of amides is 1. The Hall–Kier alpha value is -1.50. The minimum Gasteiger partial charge on any atom is -0.381 e. The first-order valence-corrected chi connectivity index (χ1v) is 9.31. The lowest BCUT2D eigenvalue weighted by molar-refractivity contribution is -0.207. The van der Waals surface area contributed by atoms with E-state index in [1.54, 1.807) is 24.5 Å². The molecule has 0 aromatic carbocycles. The molecule has 3 fully saturated rings. The fourth-order valence-electron chi connectivity index (χ4n) is 4.80. The van der Waals surface area contributed by atoms with Crippen LogP contribution in [0.4, 0.5) is 0 Å². The van der Waals surface area contributed by atoms with Gasteiger partial charge in [0.1, 0.15) is 0 Å². The first-order valence-electron chi connectivity index (χ1n) is 9.31. The van der Waals surface area contributed by atoms with Crippen LogP contribution in [-0.2, 0) is 9.47 Å². The lowest BCUT2D eigenvalue weighted by atomic mass is 9.73. The maximum Gasteiger partial charge on any atom is 0.253 e. The lowest BCUT2D eigenvalue weighted by Crippen LogP contribution is -2.75. The van der Waals surface area contributed by atoms with Crippen molar-refractivity contribution in [1.82, 2.24) is 14.8 Å². The Morgan fingerprint density at radius 1 is 1.24 bits per heavy atom. The number of likely N-dealkylation sites (tertiary alicyclic amines) is 2. The van der Waals surface area contributed by atoms with Crippen molar-refractivity contribution in [2.45, 2.75) is 43.4 Å². The number of pyridine rings is 1. The number of carbonyl (C=O) groups is 1. The fourth-order valence-corrected chi connectivity index (χ4v) is 4.80. The molecule has 1 atom stereocenters. The molecule has 4 heterocycles. The maximum absolute atomic E-state index is 12.6. The highest BCUT2D eigenvalue weighted by Gasteiger charge is 2.56. The third-order valence-corrected chi connectivity index (χ3v) is 6.30. The minimum absolute atomic E-state index is 0.125. The largest absolute Gasteiger partial charge is 0.381 e. The molecule has 0 saturated carbocycles. The van der Waals surface area contributed by atoms with Gasteiger partial charge in [-0.1, -0.05) is 0 Å². The highest BCUT2D eigenvalue weighted by Crippen LogP contribution is 2.44. The lowest BCUT2D eigenvalue weighted by Gasteiger charge is -2.63. The summed E-state index contributed by atoms with van der Waals surface area (Å²) in [4.78, 5) is 21.2. The molecule has 0 radical (unpaired) electrons. The third kappa shape index (κ3) is 2.96. The molecule has 0 aliphatic carbocycles. The van der Waals surface area contributed by atoms with Crippen LogP contribution in [0.1, 0.15) is 36.0 Å². The Kier molecular flexibility index (Phi) is 4.75. The number of methoxy groups -OCH3 is 1. The Bertz CT molecular complexity index is 595. The number of ether oxygens (including phenoxy) is 2. The first kappa shape index (κ1) is 16.9. The number of hydrogen-bond donors (Lipinski definition) is 0. The van der Waals surface area contributed by atoms with Gasteiger partial charge in [0.2, 0.25) is 0 Å². The summed E-state index contributed by atoms with van der Waals surface area (Å²) in [5, 5.41) is 0. The predicted octanol–water partition coefficient (Wildman–Crippen LogP) is 1.57. The van der Waals surface area contributed by atoms with Gasteiger partial charge in [-0.05, 0) is 37.8 Å². The molecule has 6 heteroatoms. The van der Waals surface area contributed by atoms with Crippen LogP contribution < -0.4 is 0 Å². The van der Waals surface area contributed by atoms with Gasteiger partial charge in [0, 0.05) is 64.0 Å². The Balaban J connectivity index is 1.38. The predicted molar refractivity (Wildman–Crippen MR) is 93.4 cm³/mol. The zero-order valence-corrected chi connectivity index (χ0v) is 14.9. The molecule has 0 bridgehead atoms. The molecule has 3 aliphatic rings. The molecule has 25 heavy (non-hydrogen) atoms. The van der Waals surface area contributed by atoms with Crippen molar-refractivity contribution in [2.75, 3.05) is 40.0 Å². The van der Waals surface area contributed by atoms with Crippen molar-refractivity contribution in [1.29, 1.82) is 0 Å². The average Bonchev–Trinajstić information content (AvgIpc) is 2.69. The van der Waals surface area contributed by atoms with Crippen LogP contribution in [0.15, 0.2) is 24.5 Å². The second-order valence-electron chi connectivity index (χ2n) is 7.35. The number of piperidine rings is 1. The molecule has 1 aromatic rings. The molecule has 3 saturated heterocycles. The van der Waals surface area contributed by atoms with E-state index < -0.39 is 0 Å². The van der Waals surface area contributed by atoms with Crippen LogP contribution in [0, 0.1) is 0 Å². The first-order chi connectivity index (χ1) is 12.2. The van der Waals surface area contributed by atoms with Crippen molar-refractivity contribution in [3.05, 3.63) is 30.1 Å². The molecule has 1 aromatic heterocycles. The molecule has 1 spiro atoms. The van der Waals surface area contributed by atoms with Gasteiger partial charge in [-0.25, -0.2) is 0 Å². The summed E-state index contributed by atoms with van der Waals surface area (Å²) >= 11 is 0. The zero-order valence-electron chi connectivity index (χ0n) is 14.9. The van der Waals surface area contributed by atoms with Gasteiger partial charge < -0.3 is 14.4 Å². The van der Waals surface area contributed by atoms with E-state index in [2.05, 4.69) is 9.88 Å². The van der Waals surface area contributed by atoms with Crippen molar-refractivity contribution in [3.8, 4) is 0 Å². The summed E-state index contributed by atoms with van der Waals surface area (Å²) in [6.45, 7) is 4.32. The van der Waals surface area contributed by atoms with E-state index in [1.807, 2.05) is 12.0 Å². The average molecular weight is 345 g/mol. The van der Waals surface area contributed by atoms with Crippen LogP contribution in [0.25, 0.3) is 0 Å². The van der Waals surface area contributed by atoms with Crippen LogP contribution in [-0.4, -0.2) is 78.3 Å². The van der Waals surface area contributed by atoms with E-state index >= 15 is 0 Å². The highest BCUT2D eigenvalue weighted by molar-refractivity contribution is 5.94. The minimum atomic E-state index is 0.125. The van der Waals surface area contributed by atoms with Crippen LogP contribution in [0.5, 0.6) is 0 Å². The molecular weight excluding hydrogens is 318 g/mol.